The first kappa shape index (κ1) is 27.0. The molecular formula is C32H31FN4O3. The van der Waals surface area contributed by atoms with Gasteiger partial charge in [-0.25, -0.2) is 4.39 Å². The van der Waals surface area contributed by atoms with E-state index >= 15 is 0 Å². The lowest BCUT2D eigenvalue weighted by molar-refractivity contribution is -0.122. The van der Waals surface area contributed by atoms with Crippen molar-refractivity contribution >= 4 is 28.5 Å². The molecule has 5 rings (SSSR count). The van der Waals surface area contributed by atoms with Gasteiger partial charge in [0, 0.05) is 36.8 Å². The topological polar surface area (TPSA) is 104 Å². The van der Waals surface area contributed by atoms with E-state index in [4.69, 9.17) is 0 Å². The molecule has 0 radical (unpaired) electrons. The van der Waals surface area contributed by atoms with Crippen molar-refractivity contribution in [2.45, 2.75) is 45.1 Å². The fraction of sp³-hybridized carbons (Fsp3) is 0.250. The SMILES string of the molecule is CC1=C(C(=O)Cc2ccc3[nH]ncc3c2)C(c2ccc(F)c(CCC(=O)NCCc3ccccc3)c2)NC(=O)C1. The first-order chi connectivity index (χ1) is 19.4. The lowest BCUT2D eigenvalue weighted by Gasteiger charge is -2.28. The molecule has 1 atom stereocenters. The number of aryl methyl sites for hydroxylation is 1. The molecular weight excluding hydrogens is 507 g/mol. The van der Waals surface area contributed by atoms with Gasteiger partial charge in [0.15, 0.2) is 5.78 Å². The molecule has 8 heteroatoms. The summed E-state index contributed by atoms with van der Waals surface area (Å²) in [6.45, 7) is 2.30. The fourth-order valence-corrected chi connectivity index (χ4v) is 5.19. The van der Waals surface area contributed by atoms with Crippen LogP contribution in [0.15, 0.2) is 84.1 Å². The predicted octanol–water partition coefficient (Wildman–Crippen LogP) is 4.68. The van der Waals surface area contributed by atoms with E-state index in [-0.39, 0.29) is 43.3 Å². The molecule has 2 amide bonds. The molecule has 1 aromatic heterocycles. The first-order valence-electron chi connectivity index (χ1n) is 13.4. The smallest absolute Gasteiger partial charge is 0.224 e. The van der Waals surface area contributed by atoms with Crippen molar-refractivity contribution in [2.24, 2.45) is 0 Å². The molecule has 3 N–H and O–H groups in total. The van der Waals surface area contributed by atoms with E-state index in [0.29, 0.717) is 28.8 Å². The van der Waals surface area contributed by atoms with E-state index in [1.54, 1.807) is 25.3 Å². The lowest BCUT2D eigenvalue weighted by atomic mass is 9.85. The number of carbonyl (C=O) groups is 3. The zero-order valence-electron chi connectivity index (χ0n) is 22.3. The second-order valence-electron chi connectivity index (χ2n) is 10.2. The van der Waals surface area contributed by atoms with Gasteiger partial charge in [0.2, 0.25) is 11.8 Å². The summed E-state index contributed by atoms with van der Waals surface area (Å²) in [7, 11) is 0. The standard InChI is InChI=1S/C32H31FN4O3/c1-20-15-30(40)36-32(31(20)28(38)17-22-7-11-27-25(16-22)19-35-37-27)24-8-10-26(33)23(18-24)9-12-29(39)34-14-13-21-5-3-2-4-6-21/h2-8,10-11,16,18-19,32H,9,12-15,17H2,1H3,(H,34,39)(H,35,37)(H,36,40). The van der Waals surface area contributed by atoms with Crippen LogP contribution in [0.2, 0.25) is 0 Å². The summed E-state index contributed by atoms with van der Waals surface area (Å²) in [4.78, 5) is 38.5. The highest BCUT2D eigenvalue weighted by molar-refractivity contribution is 6.02. The van der Waals surface area contributed by atoms with E-state index < -0.39 is 11.9 Å². The van der Waals surface area contributed by atoms with Crippen molar-refractivity contribution in [2.75, 3.05) is 6.54 Å². The molecule has 0 aliphatic carbocycles. The minimum Gasteiger partial charge on any atom is -0.356 e. The highest BCUT2D eigenvalue weighted by Gasteiger charge is 2.31. The number of nitrogens with zero attached hydrogens (tertiary/aromatic N) is 1. The highest BCUT2D eigenvalue weighted by Crippen LogP contribution is 2.32. The van der Waals surface area contributed by atoms with Crippen LogP contribution in [0.5, 0.6) is 0 Å². The molecule has 3 aromatic carbocycles. The predicted molar refractivity (Wildman–Crippen MR) is 151 cm³/mol. The maximum atomic E-state index is 14.8. The Morgan fingerprint density at radius 1 is 1.02 bits per heavy atom. The minimum atomic E-state index is -0.689. The Morgan fingerprint density at radius 3 is 2.67 bits per heavy atom. The van der Waals surface area contributed by atoms with Gasteiger partial charge in [-0.15, -0.1) is 0 Å². The van der Waals surface area contributed by atoms with Gasteiger partial charge in [0.1, 0.15) is 5.82 Å². The van der Waals surface area contributed by atoms with E-state index in [0.717, 1.165) is 28.5 Å². The van der Waals surface area contributed by atoms with E-state index in [2.05, 4.69) is 20.8 Å². The largest absolute Gasteiger partial charge is 0.356 e. The summed E-state index contributed by atoms with van der Waals surface area (Å²) in [5.41, 5.74) is 5.06. The summed E-state index contributed by atoms with van der Waals surface area (Å²) in [6, 6.07) is 19.4. The van der Waals surface area contributed by atoms with Crippen LogP contribution in [0.4, 0.5) is 4.39 Å². The molecule has 0 spiro atoms. The molecule has 1 aliphatic heterocycles. The summed E-state index contributed by atoms with van der Waals surface area (Å²) in [5.74, 6) is -0.880. The number of hydrogen-bond donors (Lipinski definition) is 3. The molecule has 2 heterocycles. The second-order valence-corrected chi connectivity index (χ2v) is 10.2. The number of Topliss-reactive ketones (excluding diaryl/α,β-unsaturated/α-hetero) is 1. The molecule has 1 aliphatic rings. The number of benzene rings is 3. The normalized spacial score (nSPS) is 15.2. The zero-order valence-corrected chi connectivity index (χ0v) is 22.3. The molecule has 0 bridgehead atoms. The molecule has 0 saturated heterocycles. The number of H-pyrrole nitrogens is 1. The zero-order chi connectivity index (χ0) is 28.1. The molecule has 0 saturated carbocycles. The number of carbonyl (C=O) groups excluding carboxylic acids is 3. The number of aromatic nitrogens is 2. The Balaban J connectivity index is 1.28. The highest BCUT2D eigenvalue weighted by atomic mass is 19.1. The van der Waals surface area contributed by atoms with Gasteiger partial charge < -0.3 is 10.6 Å². The van der Waals surface area contributed by atoms with Gasteiger partial charge in [-0.05, 0) is 60.2 Å². The van der Waals surface area contributed by atoms with Crippen molar-refractivity contribution in [3.05, 3.63) is 112 Å². The molecule has 40 heavy (non-hydrogen) atoms. The number of fused-ring (bicyclic) bond motifs is 1. The summed E-state index contributed by atoms with van der Waals surface area (Å²) in [6.07, 6.45) is 3.06. The Morgan fingerprint density at radius 2 is 1.85 bits per heavy atom. The fourth-order valence-electron chi connectivity index (χ4n) is 5.19. The van der Waals surface area contributed by atoms with Gasteiger partial charge in [-0.3, -0.25) is 19.5 Å². The Labute approximate surface area is 231 Å². The van der Waals surface area contributed by atoms with Crippen molar-refractivity contribution in [1.82, 2.24) is 20.8 Å². The quantitative estimate of drug-likeness (QED) is 0.273. The second kappa shape index (κ2) is 12.1. The third-order valence-corrected chi connectivity index (χ3v) is 7.25. The first-order valence-corrected chi connectivity index (χ1v) is 13.4. The Hall–Kier alpha value is -4.59. The van der Waals surface area contributed by atoms with Crippen molar-refractivity contribution < 1.29 is 18.8 Å². The lowest BCUT2D eigenvalue weighted by Crippen LogP contribution is -2.37. The number of nitrogens with one attached hydrogen (secondary N) is 3. The molecule has 1 unspecified atom stereocenters. The molecule has 204 valence electrons. The maximum absolute atomic E-state index is 14.8. The number of ketones is 1. The Kier molecular flexibility index (Phi) is 8.15. The number of amides is 2. The average molecular weight is 539 g/mol. The van der Waals surface area contributed by atoms with Crippen LogP contribution in [0.3, 0.4) is 0 Å². The summed E-state index contributed by atoms with van der Waals surface area (Å²) in [5, 5.41) is 13.7. The van der Waals surface area contributed by atoms with Crippen molar-refractivity contribution in [3.63, 3.8) is 0 Å². The third-order valence-electron chi connectivity index (χ3n) is 7.25. The van der Waals surface area contributed by atoms with E-state index in [9.17, 15) is 18.8 Å². The number of hydrogen-bond acceptors (Lipinski definition) is 4. The van der Waals surface area contributed by atoms with E-state index in [1.807, 2.05) is 48.5 Å². The van der Waals surface area contributed by atoms with Crippen LogP contribution >= 0.6 is 0 Å². The van der Waals surface area contributed by atoms with Crippen LogP contribution in [0.25, 0.3) is 10.9 Å². The van der Waals surface area contributed by atoms with Crippen LogP contribution < -0.4 is 10.6 Å². The van der Waals surface area contributed by atoms with Crippen molar-refractivity contribution in [1.29, 1.82) is 0 Å². The van der Waals surface area contributed by atoms with E-state index in [1.165, 1.54) is 6.07 Å². The van der Waals surface area contributed by atoms with Crippen LogP contribution in [-0.4, -0.2) is 34.3 Å². The third kappa shape index (κ3) is 6.34. The van der Waals surface area contributed by atoms with Crippen LogP contribution in [0.1, 0.15) is 48.1 Å². The number of aromatic amines is 1. The number of halogens is 1. The van der Waals surface area contributed by atoms with Crippen molar-refractivity contribution in [3.8, 4) is 0 Å². The van der Waals surface area contributed by atoms with Crippen LogP contribution in [0, 0.1) is 5.82 Å². The monoisotopic (exact) mass is 538 g/mol. The molecule has 0 fully saturated rings. The molecule has 4 aromatic rings. The minimum absolute atomic E-state index is 0.103. The van der Waals surface area contributed by atoms with Gasteiger partial charge >= 0.3 is 0 Å². The number of rotatable bonds is 10. The molecule has 7 nitrogen and oxygen atoms in total. The summed E-state index contributed by atoms with van der Waals surface area (Å²) < 4.78 is 14.8. The maximum Gasteiger partial charge on any atom is 0.224 e. The Bertz CT molecular complexity index is 1590. The van der Waals surface area contributed by atoms with Crippen LogP contribution in [-0.2, 0) is 33.6 Å². The summed E-state index contributed by atoms with van der Waals surface area (Å²) >= 11 is 0. The average Bonchev–Trinajstić information content (AvgIpc) is 3.41. The van der Waals surface area contributed by atoms with Gasteiger partial charge in [-0.2, -0.15) is 5.10 Å². The van der Waals surface area contributed by atoms with Gasteiger partial charge in [-0.1, -0.05) is 54.1 Å². The van der Waals surface area contributed by atoms with Gasteiger partial charge in [0.25, 0.3) is 0 Å². The van der Waals surface area contributed by atoms with Gasteiger partial charge in [0.05, 0.1) is 17.8 Å².